The third kappa shape index (κ3) is 6.09. The Hall–Kier alpha value is -2.75. The summed E-state index contributed by atoms with van der Waals surface area (Å²) in [6, 6.07) is 16.7. The SMILES string of the molecule is O=C(NCC1CCC(S(=O)(=O)Cc2ccccc2)CC1)[C@H](O)[C@@H](O)C(=O)N1Cc2ccccc2C1. The highest BCUT2D eigenvalue weighted by atomic mass is 32.2. The van der Waals surface area contributed by atoms with E-state index in [1.54, 1.807) is 0 Å². The van der Waals surface area contributed by atoms with Crippen molar-refractivity contribution in [3.05, 3.63) is 71.3 Å². The second-order valence-electron chi connectivity index (χ2n) is 9.53. The fourth-order valence-electron chi connectivity index (χ4n) is 4.92. The number of rotatable bonds is 8. The maximum Gasteiger partial charge on any atom is 0.255 e. The first-order valence-electron chi connectivity index (χ1n) is 12.0. The van der Waals surface area contributed by atoms with E-state index in [0.29, 0.717) is 38.8 Å². The van der Waals surface area contributed by atoms with Gasteiger partial charge in [0.1, 0.15) is 0 Å². The molecule has 0 aromatic heterocycles. The molecule has 2 atom stereocenters. The first-order valence-corrected chi connectivity index (χ1v) is 13.7. The minimum Gasteiger partial charge on any atom is -0.380 e. The van der Waals surface area contributed by atoms with Crippen molar-refractivity contribution in [2.24, 2.45) is 5.92 Å². The third-order valence-corrected chi connectivity index (χ3v) is 9.27. The number of fused-ring (bicyclic) bond motifs is 1. The van der Waals surface area contributed by atoms with Crippen molar-refractivity contribution in [3.63, 3.8) is 0 Å². The Labute approximate surface area is 205 Å². The number of sulfone groups is 1. The molecule has 8 nitrogen and oxygen atoms in total. The van der Waals surface area contributed by atoms with E-state index in [9.17, 15) is 28.2 Å². The van der Waals surface area contributed by atoms with Crippen molar-refractivity contribution in [1.82, 2.24) is 10.2 Å². The zero-order valence-corrected chi connectivity index (χ0v) is 20.4. The van der Waals surface area contributed by atoms with Crippen molar-refractivity contribution < 1.29 is 28.2 Å². The van der Waals surface area contributed by atoms with Crippen LogP contribution < -0.4 is 5.32 Å². The molecule has 0 radical (unpaired) electrons. The molecule has 0 spiro atoms. The van der Waals surface area contributed by atoms with Crippen LogP contribution in [0.4, 0.5) is 0 Å². The summed E-state index contributed by atoms with van der Waals surface area (Å²) in [7, 11) is -3.26. The zero-order valence-electron chi connectivity index (χ0n) is 19.5. The number of carbonyl (C=O) groups excluding carboxylic acids is 2. The van der Waals surface area contributed by atoms with Crippen LogP contribution in [0.1, 0.15) is 42.4 Å². The smallest absolute Gasteiger partial charge is 0.255 e. The molecule has 188 valence electrons. The highest BCUT2D eigenvalue weighted by Crippen LogP contribution is 2.30. The Kier molecular flexibility index (Phi) is 7.88. The van der Waals surface area contributed by atoms with Gasteiger partial charge in [-0.1, -0.05) is 54.6 Å². The number of nitrogens with one attached hydrogen (secondary N) is 1. The Morgan fingerprint density at radius 1 is 0.886 bits per heavy atom. The molecule has 9 heteroatoms. The molecule has 1 heterocycles. The molecule has 0 bridgehead atoms. The second kappa shape index (κ2) is 10.9. The van der Waals surface area contributed by atoms with Gasteiger partial charge in [-0.3, -0.25) is 9.59 Å². The molecule has 1 aliphatic carbocycles. The molecule has 1 aliphatic heterocycles. The van der Waals surface area contributed by atoms with E-state index in [1.165, 1.54) is 4.90 Å². The number of carbonyl (C=O) groups is 2. The van der Waals surface area contributed by atoms with Crippen molar-refractivity contribution in [2.75, 3.05) is 6.54 Å². The van der Waals surface area contributed by atoms with E-state index < -0.39 is 39.1 Å². The van der Waals surface area contributed by atoms with Gasteiger partial charge in [0.05, 0.1) is 11.0 Å². The topological polar surface area (TPSA) is 124 Å². The number of hydrogen-bond acceptors (Lipinski definition) is 6. The fraction of sp³-hybridized carbons (Fsp3) is 0.462. The van der Waals surface area contributed by atoms with Gasteiger partial charge in [0.15, 0.2) is 22.0 Å². The van der Waals surface area contributed by atoms with Gasteiger partial charge in [0.25, 0.3) is 11.8 Å². The van der Waals surface area contributed by atoms with E-state index in [0.717, 1.165) is 16.7 Å². The number of aliphatic hydroxyl groups excluding tert-OH is 2. The van der Waals surface area contributed by atoms with Crippen molar-refractivity contribution >= 4 is 21.7 Å². The average Bonchev–Trinajstić information content (AvgIpc) is 3.31. The minimum atomic E-state index is -3.26. The second-order valence-corrected chi connectivity index (χ2v) is 11.8. The van der Waals surface area contributed by atoms with Crippen LogP contribution in [0.2, 0.25) is 0 Å². The summed E-state index contributed by atoms with van der Waals surface area (Å²) in [5.74, 6) is -1.38. The molecule has 0 unspecified atom stereocenters. The first kappa shape index (κ1) is 25.3. The largest absolute Gasteiger partial charge is 0.380 e. The summed E-state index contributed by atoms with van der Waals surface area (Å²) in [6.07, 6.45) is -1.38. The molecule has 1 fully saturated rings. The van der Waals surface area contributed by atoms with Gasteiger partial charge in [-0.05, 0) is 48.3 Å². The Morgan fingerprint density at radius 3 is 2.06 bits per heavy atom. The number of nitrogens with zero attached hydrogens (tertiary/aromatic N) is 1. The highest BCUT2D eigenvalue weighted by Gasteiger charge is 2.36. The van der Waals surface area contributed by atoms with Gasteiger partial charge in [0.2, 0.25) is 0 Å². The molecule has 0 saturated heterocycles. The van der Waals surface area contributed by atoms with Crippen LogP contribution in [0.15, 0.2) is 54.6 Å². The monoisotopic (exact) mass is 500 g/mol. The predicted octanol–water partition coefficient (Wildman–Crippen LogP) is 1.54. The molecule has 4 rings (SSSR count). The number of benzene rings is 2. The van der Waals surface area contributed by atoms with E-state index in [1.807, 2.05) is 54.6 Å². The van der Waals surface area contributed by atoms with E-state index in [4.69, 9.17) is 0 Å². The van der Waals surface area contributed by atoms with Crippen molar-refractivity contribution in [1.29, 1.82) is 0 Å². The standard InChI is InChI=1S/C26H32N2O6S/c29-23(24(30)26(32)28-15-20-8-4-5-9-21(20)16-28)25(31)27-14-18-10-12-22(13-11-18)35(33,34)17-19-6-2-1-3-7-19/h1-9,18,22-24,29-30H,10-17H2,(H,27,31)/t18?,22?,23-,24-/m1/s1. The molecule has 2 aromatic rings. The van der Waals surface area contributed by atoms with Gasteiger partial charge in [-0.15, -0.1) is 0 Å². The molecular weight excluding hydrogens is 468 g/mol. The summed E-state index contributed by atoms with van der Waals surface area (Å²) in [6.45, 7) is 0.922. The maximum atomic E-state index is 12.8. The Bertz CT molecular complexity index is 1120. The molecule has 3 N–H and O–H groups in total. The molecule has 1 saturated carbocycles. The van der Waals surface area contributed by atoms with Gasteiger partial charge in [-0.25, -0.2) is 8.42 Å². The number of hydrogen-bond donors (Lipinski definition) is 3. The van der Waals surface area contributed by atoms with E-state index in [2.05, 4.69) is 5.32 Å². The Balaban J connectivity index is 1.21. The van der Waals surface area contributed by atoms with Crippen LogP contribution in [0, 0.1) is 5.92 Å². The maximum absolute atomic E-state index is 12.8. The van der Waals surface area contributed by atoms with Crippen LogP contribution in [0.3, 0.4) is 0 Å². The quantitative estimate of drug-likeness (QED) is 0.505. The highest BCUT2D eigenvalue weighted by molar-refractivity contribution is 7.91. The van der Waals surface area contributed by atoms with Crippen LogP contribution >= 0.6 is 0 Å². The zero-order chi connectivity index (χ0) is 25.0. The predicted molar refractivity (Wildman–Crippen MR) is 131 cm³/mol. The summed E-state index contributed by atoms with van der Waals surface area (Å²) in [5, 5.41) is 22.8. The number of amides is 2. The average molecular weight is 501 g/mol. The first-order chi connectivity index (χ1) is 16.7. The molecule has 2 aliphatic rings. The molecule has 2 aromatic carbocycles. The lowest BCUT2D eigenvalue weighted by molar-refractivity contribution is -0.153. The van der Waals surface area contributed by atoms with Crippen LogP contribution in [0.25, 0.3) is 0 Å². The summed E-state index contributed by atoms with van der Waals surface area (Å²) < 4.78 is 25.5. The normalized spacial score (nSPS) is 21.7. The van der Waals surface area contributed by atoms with Crippen molar-refractivity contribution in [3.8, 4) is 0 Å². The summed E-state index contributed by atoms with van der Waals surface area (Å²) in [4.78, 5) is 26.4. The number of aliphatic hydroxyl groups is 2. The van der Waals surface area contributed by atoms with Crippen molar-refractivity contribution in [2.45, 2.75) is 62.0 Å². The lowest BCUT2D eigenvalue weighted by Crippen LogP contribution is -2.50. The van der Waals surface area contributed by atoms with Gasteiger partial charge < -0.3 is 20.4 Å². The summed E-state index contributed by atoms with van der Waals surface area (Å²) >= 11 is 0. The lowest BCUT2D eigenvalue weighted by Gasteiger charge is -2.29. The van der Waals surface area contributed by atoms with E-state index in [-0.39, 0.29) is 18.2 Å². The van der Waals surface area contributed by atoms with Crippen LogP contribution in [-0.2, 0) is 38.3 Å². The lowest BCUT2D eigenvalue weighted by atomic mass is 9.89. The fourth-order valence-corrected chi connectivity index (χ4v) is 6.81. The summed E-state index contributed by atoms with van der Waals surface area (Å²) in [5.41, 5.74) is 2.74. The molecule has 2 amide bonds. The van der Waals surface area contributed by atoms with Gasteiger partial charge in [-0.2, -0.15) is 0 Å². The van der Waals surface area contributed by atoms with Crippen LogP contribution in [0.5, 0.6) is 0 Å². The minimum absolute atomic E-state index is 0.0279. The van der Waals surface area contributed by atoms with E-state index >= 15 is 0 Å². The van der Waals surface area contributed by atoms with Gasteiger partial charge in [0, 0.05) is 19.6 Å². The van der Waals surface area contributed by atoms with Gasteiger partial charge >= 0.3 is 0 Å². The van der Waals surface area contributed by atoms with Crippen LogP contribution in [-0.4, -0.2) is 59.3 Å². The molecule has 35 heavy (non-hydrogen) atoms. The Morgan fingerprint density at radius 2 is 1.46 bits per heavy atom. The molecular formula is C26H32N2O6S. The third-order valence-electron chi connectivity index (χ3n) is 7.05.